The summed E-state index contributed by atoms with van der Waals surface area (Å²) >= 11 is 0. The number of carbonyl (C=O) groups is 2. The second-order valence-corrected chi connectivity index (χ2v) is 9.02. The number of allylic oxidation sites excluding steroid dienone is 1. The predicted molar refractivity (Wildman–Crippen MR) is 119 cm³/mol. The van der Waals surface area contributed by atoms with Gasteiger partial charge in [-0.25, -0.2) is 4.79 Å². The molecular formula is C26H21F6NO5. The summed E-state index contributed by atoms with van der Waals surface area (Å²) in [6.07, 6.45) is -15.9. The van der Waals surface area contributed by atoms with Crippen LogP contribution in [0.15, 0.2) is 66.7 Å². The summed E-state index contributed by atoms with van der Waals surface area (Å²) in [6, 6.07) is 16.9. The van der Waals surface area contributed by atoms with Gasteiger partial charge in [0.15, 0.2) is 0 Å². The highest BCUT2D eigenvalue weighted by molar-refractivity contribution is 5.83. The van der Waals surface area contributed by atoms with E-state index in [-0.39, 0.29) is 0 Å². The highest BCUT2D eigenvalue weighted by atomic mass is 19.4. The zero-order valence-corrected chi connectivity index (χ0v) is 19.9. The van der Waals surface area contributed by atoms with Crippen LogP contribution in [0.3, 0.4) is 0 Å². The van der Waals surface area contributed by atoms with Gasteiger partial charge in [-0.15, -0.1) is 0 Å². The Morgan fingerprint density at radius 2 is 1.55 bits per heavy atom. The predicted octanol–water partition coefficient (Wildman–Crippen LogP) is 6.45. The van der Waals surface area contributed by atoms with Gasteiger partial charge in [0.05, 0.1) is 5.92 Å². The smallest absolute Gasteiger partial charge is 0.434 e. The third-order valence-electron chi connectivity index (χ3n) is 5.92. The Kier molecular flexibility index (Phi) is 8.09. The van der Waals surface area contributed by atoms with Crippen LogP contribution in [0.2, 0.25) is 0 Å². The molecule has 0 heterocycles. The Morgan fingerprint density at radius 1 is 0.947 bits per heavy atom. The van der Waals surface area contributed by atoms with E-state index in [9.17, 15) is 41.2 Å². The van der Waals surface area contributed by atoms with E-state index in [0.29, 0.717) is 23.1 Å². The van der Waals surface area contributed by atoms with Crippen LogP contribution < -0.4 is 4.74 Å². The zero-order chi connectivity index (χ0) is 28.3. The Hall–Kier alpha value is -4.01. The number of esters is 2. The maximum atomic E-state index is 12.8. The van der Waals surface area contributed by atoms with Crippen LogP contribution in [0, 0.1) is 28.6 Å². The molecule has 12 heteroatoms. The summed E-state index contributed by atoms with van der Waals surface area (Å²) in [7, 11) is 0. The molecule has 3 atom stereocenters. The van der Waals surface area contributed by atoms with Gasteiger partial charge >= 0.3 is 24.3 Å². The van der Waals surface area contributed by atoms with Gasteiger partial charge in [0.2, 0.25) is 6.10 Å². The Labute approximate surface area is 213 Å². The molecule has 3 unspecified atom stereocenters. The van der Waals surface area contributed by atoms with Gasteiger partial charge in [-0.1, -0.05) is 50.3 Å². The molecule has 2 aromatic rings. The average Bonchev–Trinajstić information content (AvgIpc) is 3.39. The summed E-state index contributed by atoms with van der Waals surface area (Å²) in [5.41, 5.74) is -0.534. The second kappa shape index (κ2) is 10.8. The monoisotopic (exact) mass is 541 g/mol. The van der Waals surface area contributed by atoms with E-state index in [1.165, 1.54) is 6.07 Å². The maximum Gasteiger partial charge on any atom is 0.434 e. The number of nitriles is 1. The summed E-state index contributed by atoms with van der Waals surface area (Å²) in [5.74, 6) is -3.45. The van der Waals surface area contributed by atoms with Crippen molar-refractivity contribution in [2.45, 2.75) is 38.4 Å². The molecule has 0 spiro atoms. The van der Waals surface area contributed by atoms with Crippen molar-refractivity contribution < 1.29 is 50.1 Å². The van der Waals surface area contributed by atoms with Gasteiger partial charge in [-0.05, 0) is 35.6 Å². The fourth-order valence-corrected chi connectivity index (χ4v) is 3.87. The molecule has 0 aromatic heterocycles. The number of ether oxygens (including phenoxy) is 3. The highest BCUT2D eigenvalue weighted by Gasteiger charge is 2.62. The number of benzene rings is 2. The molecule has 0 N–H and O–H groups in total. The van der Waals surface area contributed by atoms with Crippen LogP contribution in [0.5, 0.6) is 11.5 Å². The van der Waals surface area contributed by atoms with Gasteiger partial charge in [-0.3, -0.25) is 4.79 Å². The Bertz CT molecular complexity index is 1220. The molecule has 0 radical (unpaired) electrons. The van der Waals surface area contributed by atoms with Gasteiger partial charge in [0.25, 0.3) is 6.10 Å². The summed E-state index contributed by atoms with van der Waals surface area (Å²) < 4.78 is 90.2. The number of hydrogen-bond acceptors (Lipinski definition) is 6. The lowest BCUT2D eigenvalue weighted by Crippen LogP contribution is -2.45. The molecule has 38 heavy (non-hydrogen) atoms. The first-order valence-corrected chi connectivity index (χ1v) is 11.1. The molecule has 1 aliphatic rings. The van der Waals surface area contributed by atoms with Crippen molar-refractivity contribution in [1.29, 1.82) is 5.26 Å². The number of nitrogens with zero attached hydrogens (tertiary/aromatic N) is 1. The second-order valence-electron chi connectivity index (χ2n) is 9.02. The van der Waals surface area contributed by atoms with Crippen molar-refractivity contribution in [2.24, 2.45) is 17.3 Å². The minimum absolute atomic E-state index is 0.314. The minimum atomic E-state index is -5.84. The van der Waals surface area contributed by atoms with E-state index in [0.717, 1.165) is 6.08 Å². The number of rotatable bonds is 8. The van der Waals surface area contributed by atoms with Crippen LogP contribution in [-0.4, -0.2) is 30.4 Å². The third-order valence-corrected chi connectivity index (χ3v) is 5.92. The van der Waals surface area contributed by atoms with E-state index in [2.05, 4.69) is 4.74 Å². The molecule has 0 saturated heterocycles. The van der Waals surface area contributed by atoms with Crippen molar-refractivity contribution in [1.82, 2.24) is 0 Å². The number of halogens is 6. The first-order chi connectivity index (χ1) is 17.6. The molecule has 1 saturated carbocycles. The van der Waals surface area contributed by atoms with Gasteiger partial charge in [-0.2, -0.15) is 31.6 Å². The van der Waals surface area contributed by atoms with Crippen LogP contribution in [0.4, 0.5) is 26.3 Å². The molecule has 6 nitrogen and oxygen atoms in total. The van der Waals surface area contributed by atoms with Crippen molar-refractivity contribution in [2.75, 3.05) is 0 Å². The van der Waals surface area contributed by atoms with Crippen molar-refractivity contribution >= 4 is 11.9 Å². The lowest BCUT2D eigenvalue weighted by Gasteiger charge is -2.22. The van der Waals surface area contributed by atoms with Crippen LogP contribution in [0.1, 0.15) is 25.5 Å². The Morgan fingerprint density at radius 3 is 2.13 bits per heavy atom. The van der Waals surface area contributed by atoms with Crippen LogP contribution in [-0.2, 0) is 19.1 Å². The van der Waals surface area contributed by atoms with Crippen molar-refractivity contribution in [3.8, 4) is 17.6 Å². The molecule has 1 aliphatic carbocycles. The van der Waals surface area contributed by atoms with Crippen molar-refractivity contribution in [3.05, 3.63) is 72.3 Å². The van der Waals surface area contributed by atoms with E-state index in [4.69, 9.17) is 9.47 Å². The van der Waals surface area contributed by atoms with Gasteiger partial charge in [0.1, 0.15) is 17.6 Å². The minimum Gasteiger partial charge on any atom is -0.457 e. The number of carbonyl (C=O) groups excluding carboxylic acids is 2. The van der Waals surface area contributed by atoms with E-state index in [1.807, 2.05) is 6.07 Å². The SMILES string of the molecule is CC1(C)C(/C=C/C(=O)OC(C(F)(F)F)C(F)(F)F)C1C(=O)OC(C#N)c1cccc(Oc2ccccc2)c1. The van der Waals surface area contributed by atoms with E-state index < -0.39 is 53.7 Å². The Balaban J connectivity index is 1.65. The molecule has 1 fully saturated rings. The maximum absolute atomic E-state index is 12.8. The largest absolute Gasteiger partial charge is 0.457 e. The quantitative estimate of drug-likeness (QED) is 0.217. The molecular weight excluding hydrogens is 520 g/mol. The fourth-order valence-electron chi connectivity index (χ4n) is 3.87. The van der Waals surface area contributed by atoms with Gasteiger partial charge in [0, 0.05) is 11.6 Å². The molecule has 3 rings (SSSR count). The summed E-state index contributed by atoms with van der Waals surface area (Å²) in [5, 5.41) is 9.57. The zero-order valence-electron chi connectivity index (χ0n) is 19.9. The molecule has 0 bridgehead atoms. The van der Waals surface area contributed by atoms with Gasteiger partial charge < -0.3 is 14.2 Å². The topological polar surface area (TPSA) is 85.6 Å². The fraction of sp³-hybridized carbons (Fsp3) is 0.346. The molecule has 202 valence electrons. The van der Waals surface area contributed by atoms with E-state index >= 15 is 0 Å². The first kappa shape index (κ1) is 28.6. The standard InChI is InChI=1S/C26H21F6NO5/c1-24(2)18(11-12-20(34)38-23(25(27,28)29)26(30,31)32)21(24)22(35)37-19(14-33)15-7-6-10-17(13-15)36-16-8-4-3-5-9-16/h3-13,18-19,21,23H,1-2H3/b12-11+. The van der Waals surface area contributed by atoms with Crippen molar-refractivity contribution in [3.63, 3.8) is 0 Å². The molecule has 2 aromatic carbocycles. The summed E-state index contributed by atoms with van der Waals surface area (Å²) in [6.45, 7) is 3.17. The molecule has 0 amide bonds. The molecule has 0 aliphatic heterocycles. The van der Waals surface area contributed by atoms with Crippen LogP contribution in [0.25, 0.3) is 0 Å². The van der Waals surface area contributed by atoms with E-state index in [1.54, 1.807) is 62.4 Å². The third kappa shape index (κ3) is 6.85. The average molecular weight is 541 g/mol. The highest BCUT2D eigenvalue weighted by Crippen LogP contribution is 2.59. The lowest BCUT2D eigenvalue weighted by atomic mass is 10.1. The normalized spacial score (nSPS) is 19.5. The first-order valence-electron chi connectivity index (χ1n) is 11.1. The summed E-state index contributed by atoms with van der Waals surface area (Å²) in [4.78, 5) is 24.4. The number of alkyl halides is 6. The number of hydrogen-bond donors (Lipinski definition) is 0. The lowest BCUT2D eigenvalue weighted by molar-refractivity contribution is -0.312. The van der Waals surface area contributed by atoms with Crippen LogP contribution >= 0.6 is 0 Å². The number of para-hydroxylation sites is 1.